The van der Waals surface area contributed by atoms with Crippen molar-refractivity contribution in [2.45, 2.75) is 25.8 Å². The van der Waals surface area contributed by atoms with Crippen molar-refractivity contribution in [3.8, 4) is 0 Å². The molecule has 0 amide bonds. The topological polar surface area (TPSA) is 26.0 Å². The summed E-state index contributed by atoms with van der Waals surface area (Å²) in [5, 5.41) is 1.17. The molecular formula is C10H13Cl2N. The van der Waals surface area contributed by atoms with Crippen molar-refractivity contribution >= 4 is 23.2 Å². The van der Waals surface area contributed by atoms with Gasteiger partial charge in [0.2, 0.25) is 0 Å². The monoisotopic (exact) mass is 217 g/mol. The highest BCUT2D eigenvalue weighted by Gasteiger charge is 2.11. The van der Waals surface area contributed by atoms with Crippen molar-refractivity contribution in [1.29, 1.82) is 0 Å². The van der Waals surface area contributed by atoms with E-state index in [-0.39, 0.29) is 6.04 Å². The molecule has 2 atom stereocenters. The van der Waals surface area contributed by atoms with Crippen LogP contribution in [0.15, 0.2) is 18.2 Å². The molecule has 2 unspecified atom stereocenters. The van der Waals surface area contributed by atoms with Gasteiger partial charge in [0.15, 0.2) is 0 Å². The molecule has 0 radical (unpaired) electrons. The SMILES string of the molecule is CC(N)C(C)c1ccc(Cl)c(Cl)c1. The molecule has 0 heterocycles. The van der Waals surface area contributed by atoms with Crippen molar-refractivity contribution in [1.82, 2.24) is 0 Å². The molecule has 0 aliphatic heterocycles. The fourth-order valence-electron chi connectivity index (χ4n) is 1.10. The Labute approximate surface area is 88.8 Å². The van der Waals surface area contributed by atoms with Gasteiger partial charge in [-0.3, -0.25) is 0 Å². The van der Waals surface area contributed by atoms with Crippen LogP contribution in [0.2, 0.25) is 10.0 Å². The first-order chi connectivity index (χ1) is 6.02. The Hall–Kier alpha value is -0.240. The Kier molecular flexibility index (Phi) is 3.60. The quantitative estimate of drug-likeness (QED) is 0.808. The summed E-state index contributed by atoms with van der Waals surface area (Å²) in [7, 11) is 0. The highest BCUT2D eigenvalue weighted by atomic mass is 35.5. The highest BCUT2D eigenvalue weighted by molar-refractivity contribution is 6.42. The van der Waals surface area contributed by atoms with Gasteiger partial charge in [0, 0.05) is 6.04 Å². The van der Waals surface area contributed by atoms with Crippen LogP contribution in [-0.2, 0) is 0 Å². The van der Waals surface area contributed by atoms with Crippen LogP contribution in [0.4, 0.5) is 0 Å². The van der Waals surface area contributed by atoms with Gasteiger partial charge in [0.05, 0.1) is 10.0 Å². The van der Waals surface area contributed by atoms with E-state index in [4.69, 9.17) is 28.9 Å². The molecule has 0 fully saturated rings. The van der Waals surface area contributed by atoms with Gasteiger partial charge in [-0.25, -0.2) is 0 Å². The van der Waals surface area contributed by atoms with E-state index in [1.807, 2.05) is 19.1 Å². The van der Waals surface area contributed by atoms with Gasteiger partial charge in [0.25, 0.3) is 0 Å². The fraction of sp³-hybridized carbons (Fsp3) is 0.400. The number of nitrogens with two attached hydrogens (primary N) is 1. The summed E-state index contributed by atoms with van der Waals surface area (Å²) >= 11 is 11.7. The Bertz CT molecular complexity index is 297. The Morgan fingerprint density at radius 3 is 2.23 bits per heavy atom. The fourth-order valence-corrected chi connectivity index (χ4v) is 1.41. The van der Waals surface area contributed by atoms with Gasteiger partial charge in [-0.1, -0.05) is 36.2 Å². The highest BCUT2D eigenvalue weighted by Crippen LogP contribution is 2.27. The molecule has 0 saturated heterocycles. The Morgan fingerprint density at radius 1 is 1.15 bits per heavy atom. The molecular weight excluding hydrogens is 205 g/mol. The molecule has 3 heteroatoms. The van der Waals surface area contributed by atoms with E-state index >= 15 is 0 Å². The van der Waals surface area contributed by atoms with Crippen LogP contribution in [0.3, 0.4) is 0 Å². The zero-order valence-electron chi connectivity index (χ0n) is 7.72. The molecule has 72 valence electrons. The smallest absolute Gasteiger partial charge is 0.0595 e. The van der Waals surface area contributed by atoms with Crippen LogP contribution in [0.5, 0.6) is 0 Å². The normalized spacial score (nSPS) is 15.5. The third kappa shape index (κ3) is 2.60. The lowest BCUT2D eigenvalue weighted by atomic mass is 9.95. The predicted molar refractivity (Wildman–Crippen MR) is 58.5 cm³/mol. The van der Waals surface area contributed by atoms with E-state index in [1.54, 1.807) is 6.07 Å². The number of halogens is 2. The second kappa shape index (κ2) is 4.32. The third-order valence-corrected chi connectivity index (χ3v) is 3.00. The first kappa shape index (κ1) is 10.8. The number of rotatable bonds is 2. The van der Waals surface area contributed by atoms with E-state index in [1.165, 1.54) is 0 Å². The first-order valence-corrected chi connectivity index (χ1v) is 4.98. The molecule has 13 heavy (non-hydrogen) atoms. The first-order valence-electron chi connectivity index (χ1n) is 4.23. The predicted octanol–water partition coefficient (Wildman–Crippen LogP) is 3.44. The molecule has 1 aromatic carbocycles. The van der Waals surface area contributed by atoms with Crippen LogP contribution < -0.4 is 5.73 Å². The van der Waals surface area contributed by atoms with Crippen molar-refractivity contribution in [2.75, 3.05) is 0 Å². The maximum absolute atomic E-state index is 5.89. The maximum Gasteiger partial charge on any atom is 0.0595 e. The molecule has 0 saturated carbocycles. The minimum atomic E-state index is 0.122. The zero-order chi connectivity index (χ0) is 10.0. The molecule has 0 aliphatic rings. The summed E-state index contributed by atoms with van der Waals surface area (Å²) in [6.07, 6.45) is 0. The van der Waals surface area contributed by atoms with Crippen molar-refractivity contribution in [3.63, 3.8) is 0 Å². The maximum atomic E-state index is 5.89. The van der Waals surface area contributed by atoms with E-state index in [0.717, 1.165) is 5.56 Å². The van der Waals surface area contributed by atoms with E-state index in [0.29, 0.717) is 16.0 Å². The minimum absolute atomic E-state index is 0.122. The number of hydrogen-bond donors (Lipinski definition) is 1. The number of benzene rings is 1. The molecule has 0 spiro atoms. The van der Waals surface area contributed by atoms with Crippen molar-refractivity contribution in [3.05, 3.63) is 33.8 Å². The standard InChI is InChI=1S/C10H13Cl2N/c1-6(7(2)13)8-3-4-9(11)10(12)5-8/h3-7H,13H2,1-2H3. The molecule has 0 aliphatic carbocycles. The molecule has 2 N–H and O–H groups in total. The summed E-state index contributed by atoms with van der Waals surface area (Å²) in [4.78, 5) is 0. The van der Waals surface area contributed by atoms with Crippen molar-refractivity contribution < 1.29 is 0 Å². The van der Waals surface area contributed by atoms with Crippen LogP contribution in [-0.4, -0.2) is 6.04 Å². The van der Waals surface area contributed by atoms with Gasteiger partial charge in [-0.15, -0.1) is 0 Å². The second-order valence-electron chi connectivity index (χ2n) is 3.32. The molecule has 1 nitrogen and oxygen atoms in total. The summed E-state index contributed by atoms with van der Waals surface area (Å²) in [6, 6.07) is 5.76. The van der Waals surface area contributed by atoms with E-state index in [9.17, 15) is 0 Å². The lowest BCUT2D eigenvalue weighted by molar-refractivity contribution is 0.613. The molecule has 1 aromatic rings. The average molecular weight is 218 g/mol. The van der Waals surface area contributed by atoms with Crippen LogP contribution in [0.1, 0.15) is 25.3 Å². The summed E-state index contributed by atoms with van der Waals surface area (Å²) in [6.45, 7) is 4.05. The van der Waals surface area contributed by atoms with Crippen LogP contribution in [0, 0.1) is 0 Å². The third-order valence-electron chi connectivity index (χ3n) is 2.26. The summed E-state index contributed by atoms with van der Waals surface area (Å²) < 4.78 is 0. The van der Waals surface area contributed by atoms with Crippen molar-refractivity contribution in [2.24, 2.45) is 5.73 Å². The Morgan fingerprint density at radius 2 is 1.77 bits per heavy atom. The minimum Gasteiger partial charge on any atom is -0.327 e. The lowest BCUT2D eigenvalue weighted by Crippen LogP contribution is -2.22. The van der Waals surface area contributed by atoms with Gasteiger partial charge < -0.3 is 5.73 Å². The largest absolute Gasteiger partial charge is 0.327 e. The van der Waals surface area contributed by atoms with E-state index < -0.39 is 0 Å². The van der Waals surface area contributed by atoms with E-state index in [2.05, 4.69) is 6.92 Å². The summed E-state index contributed by atoms with van der Waals surface area (Å²) in [5.74, 6) is 0.301. The molecule has 0 bridgehead atoms. The van der Waals surface area contributed by atoms with Gasteiger partial charge in [-0.2, -0.15) is 0 Å². The zero-order valence-corrected chi connectivity index (χ0v) is 9.23. The van der Waals surface area contributed by atoms with Gasteiger partial charge in [-0.05, 0) is 30.5 Å². The Balaban J connectivity index is 2.97. The van der Waals surface area contributed by atoms with Gasteiger partial charge in [0.1, 0.15) is 0 Å². The van der Waals surface area contributed by atoms with Gasteiger partial charge >= 0.3 is 0 Å². The molecule has 1 rings (SSSR count). The van der Waals surface area contributed by atoms with Crippen LogP contribution in [0.25, 0.3) is 0 Å². The van der Waals surface area contributed by atoms with Crippen LogP contribution >= 0.6 is 23.2 Å². The lowest BCUT2D eigenvalue weighted by Gasteiger charge is -2.16. The average Bonchev–Trinajstić information content (AvgIpc) is 2.08. The number of hydrogen-bond acceptors (Lipinski definition) is 1. The molecule has 0 aromatic heterocycles. The second-order valence-corrected chi connectivity index (χ2v) is 4.14. The summed E-state index contributed by atoms with van der Waals surface area (Å²) in [5.41, 5.74) is 6.91.